The summed E-state index contributed by atoms with van der Waals surface area (Å²) in [6, 6.07) is 5.73. The summed E-state index contributed by atoms with van der Waals surface area (Å²) in [6.07, 6.45) is 6.13. The van der Waals surface area contributed by atoms with E-state index in [2.05, 4.69) is 27.2 Å². The molecule has 126 valence electrons. The monoisotopic (exact) mass is 333 g/mol. The van der Waals surface area contributed by atoms with Gasteiger partial charge in [0.1, 0.15) is 11.6 Å². The molecule has 0 spiro atoms. The molecule has 4 rings (SSSR count). The van der Waals surface area contributed by atoms with E-state index in [1.54, 1.807) is 18.6 Å². The molecule has 25 heavy (non-hydrogen) atoms. The standard InChI is InChI=1S/C19H19N5O/c1-10-3-4-21-8-14(10)16-6-12-7-17(22-9-15(12)18(20)23-16)24-19(25)13-5-11(13)2/h3-4,6-9,11,13H,5H2,1-2H3,(H2,20,23)(H,22,24,25). The quantitative estimate of drug-likeness (QED) is 0.768. The van der Waals surface area contributed by atoms with Gasteiger partial charge < -0.3 is 11.1 Å². The third-order valence-electron chi connectivity index (χ3n) is 4.76. The number of aromatic nitrogens is 3. The van der Waals surface area contributed by atoms with Crippen molar-refractivity contribution in [1.82, 2.24) is 15.0 Å². The normalized spacial score (nSPS) is 19.0. The predicted molar refractivity (Wildman–Crippen MR) is 97.8 cm³/mol. The number of pyridine rings is 3. The van der Waals surface area contributed by atoms with Crippen LogP contribution in [0.2, 0.25) is 0 Å². The molecule has 2 unspecified atom stereocenters. The molecule has 1 aliphatic carbocycles. The van der Waals surface area contributed by atoms with E-state index in [-0.39, 0.29) is 11.8 Å². The van der Waals surface area contributed by atoms with E-state index in [9.17, 15) is 4.79 Å². The van der Waals surface area contributed by atoms with Crippen molar-refractivity contribution < 1.29 is 4.79 Å². The second kappa shape index (κ2) is 5.81. The van der Waals surface area contributed by atoms with Crippen LogP contribution < -0.4 is 11.1 Å². The minimum absolute atomic E-state index is 0.0321. The van der Waals surface area contributed by atoms with Crippen LogP contribution in [-0.4, -0.2) is 20.9 Å². The zero-order valence-electron chi connectivity index (χ0n) is 14.2. The van der Waals surface area contributed by atoms with E-state index in [4.69, 9.17) is 5.73 Å². The van der Waals surface area contributed by atoms with E-state index >= 15 is 0 Å². The molecule has 6 heteroatoms. The SMILES string of the molecule is Cc1ccncc1-c1cc2cc(NC(=O)C3CC3C)ncc2c(N)n1. The largest absolute Gasteiger partial charge is 0.383 e. The zero-order valence-corrected chi connectivity index (χ0v) is 14.2. The van der Waals surface area contributed by atoms with Crippen molar-refractivity contribution in [3.63, 3.8) is 0 Å². The first-order chi connectivity index (χ1) is 12.0. The Morgan fingerprint density at radius 2 is 2.12 bits per heavy atom. The minimum Gasteiger partial charge on any atom is -0.383 e. The van der Waals surface area contributed by atoms with Gasteiger partial charge in [-0.2, -0.15) is 0 Å². The Hall–Kier alpha value is -3.02. The highest BCUT2D eigenvalue weighted by Gasteiger charge is 2.39. The van der Waals surface area contributed by atoms with Gasteiger partial charge in [0.05, 0.1) is 5.69 Å². The third kappa shape index (κ3) is 2.91. The molecule has 3 heterocycles. The maximum Gasteiger partial charge on any atom is 0.228 e. The van der Waals surface area contributed by atoms with E-state index in [1.807, 2.05) is 25.1 Å². The van der Waals surface area contributed by atoms with E-state index in [0.29, 0.717) is 17.6 Å². The van der Waals surface area contributed by atoms with Gasteiger partial charge in [0.2, 0.25) is 5.91 Å². The Bertz CT molecular complexity index is 985. The van der Waals surface area contributed by atoms with Gasteiger partial charge in [-0.25, -0.2) is 9.97 Å². The van der Waals surface area contributed by atoms with Crippen molar-refractivity contribution in [3.05, 3.63) is 42.4 Å². The Labute approximate surface area is 145 Å². The first-order valence-corrected chi connectivity index (χ1v) is 8.31. The molecule has 1 saturated carbocycles. The number of anilines is 2. The van der Waals surface area contributed by atoms with Crippen LogP contribution >= 0.6 is 0 Å². The van der Waals surface area contributed by atoms with Gasteiger partial charge in [-0.15, -0.1) is 0 Å². The van der Waals surface area contributed by atoms with Gasteiger partial charge in [-0.1, -0.05) is 6.92 Å². The fourth-order valence-corrected chi connectivity index (χ4v) is 3.02. The molecule has 1 aliphatic rings. The van der Waals surface area contributed by atoms with Crippen molar-refractivity contribution in [1.29, 1.82) is 0 Å². The highest BCUT2D eigenvalue weighted by Crippen LogP contribution is 2.38. The predicted octanol–water partition coefficient (Wildman–Crippen LogP) is 3.18. The summed E-state index contributed by atoms with van der Waals surface area (Å²) in [5.41, 5.74) is 8.88. The molecular formula is C19H19N5O. The number of aryl methyl sites for hydroxylation is 1. The van der Waals surface area contributed by atoms with Gasteiger partial charge >= 0.3 is 0 Å². The lowest BCUT2D eigenvalue weighted by Gasteiger charge is -2.10. The lowest BCUT2D eigenvalue weighted by Crippen LogP contribution is -2.15. The molecule has 3 aromatic rings. The van der Waals surface area contributed by atoms with Crippen molar-refractivity contribution in [3.8, 4) is 11.3 Å². The Morgan fingerprint density at radius 3 is 2.84 bits per heavy atom. The van der Waals surface area contributed by atoms with Gasteiger partial charge in [0.25, 0.3) is 0 Å². The number of carbonyl (C=O) groups is 1. The van der Waals surface area contributed by atoms with Crippen LogP contribution in [0.25, 0.3) is 22.0 Å². The summed E-state index contributed by atoms with van der Waals surface area (Å²) in [6.45, 7) is 4.08. The fraction of sp³-hybridized carbons (Fsp3) is 0.263. The molecule has 1 fully saturated rings. The highest BCUT2D eigenvalue weighted by molar-refractivity contribution is 5.98. The topological polar surface area (TPSA) is 93.8 Å². The summed E-state index contributed by atoms with van der Waals surface area (Å²) in [5, 5.41) is 4.55. The molecule has 0 saturated heterocycles. The highest BCUT2D eigenvalue weighted by atomic mass is 16.2. The summed E-state index contributed by atoms with van der Waals surface area (Å²) in [7, 11) is 0. The first-order valence-electron chi connectivity index (χ1n) is 8.31. The van der Waals surface area contributed by atoms with Crippen molar-refractivity contribution in [2.75, 3.05) is 11.1 Å². The summed E-state index contributed by atoms with van der Waals surface area (Å²) < 4.78 is 0. The molecule has 0 radical (unpaired) electrons. The number of fused-ring (bicyclic) bond motifs is 1. The number of amides is 1. The molecule has 3 N–H and O–H groups in total. The molecule has 2 atom stereocenters. The second-order valence-corrected chi connectivity index (χ2v) is 6.68. The minimum atomic E-state index is 0.0321. The van der Waals surface area contributed by atoms with Crippen LogP contribution in [0, 0.1) is 18.8 Å². The van der Waals surface area contributed by atoms with Crippen molar-refractivity contribution in [2.45, 2.75) is 20.3 Å². The molecule has 0 bridgehead atoms. The average Bonchev–Trinajstić information content (AvgIpc) is 3.32. The van der Waals surface area contributed by atoms with Gasteiger partial charge in [-0.3, -0.25) is 9.78 Å². The molecule has 1 amide bonds. The first kappa shape index (κ1) is 15.5. The smallest absolute Gasteiger partial charge is 0.228 e. The fourth-order valence-electron chi connectivity index (χ4n) is 3.02. The van der Waals surface area contributed by atoms with Crippen LogP contribution in [0.1, 0.15) is 18.9 Å². The number of nitrogens with one attached hydrogen (secondary N) is 1. The molecule has 0 aromatic carbocycles. The number of nitrogens with zero attached hydrogens (tertiary/aromatic N) is 3. The van der Waals surface area contributed by atoms with Crippen molar-refractivity contribution in [2.24, 2.45) is 11.8 Å². The zero-order chi connectivity index (χ0) is 17.6. The van der Waals surface area contributed by atoms with Crippen molar-refractivity contribution >= 4 is 28.3 Å². The molecule has 3 aromatic heterocycles. The number of hydrogen-bond acceptors (Lipinski definition) is 5. The number of carbonyl (C=O) groups excluding carboxylic acids is 1. The third-order valence-corrected chi connectivity index (χ3v) is 4.76. The lowest BCUT2D eigenvalue weighted by molar-refractivity contribution is -0.117. The maximum atomic E-state index is 12.1. The molecule has 6 nitrogen and oxygen atoms in total. The van der Waals surface area contributed by atoms with Crippen LogP contribution in [0.4, 0.5) is 11.6 Å². The Balaban J connectivity index is 1.73. The maximum absolute atomic E-state index is 12.1. The van der Waals surface area contributed by atoms with E-state index in [0.717, 1.165) is 34.0 Å². The number of rotatable bonds is 3. The van der Waals surface area contributed by atoms with E-state index < -0.39 is 0 Å². The molecular weight excluding hydrogens is 314 g/mol. The number of nitrogen functional groups attached to an aromatic ring is 1. The lowest BCUT2D eigenvalue weighted by atomic mass is 10.1. The van der Waals surface area contributed by atoms with E-state index in [1.165, 1.54) is 0 Å². The number of nitrogens with two attached hydrogens (primary N) is 1. The van der Waals surface area contributed by atoms with Gasteiger partial charge in [0, 0.05) is 35.5 Å². The Kier molecular flexibility index (Phi) is 3.60. The van der Waals surface area contributed by atoms with Gasteiger partial charge in [0.15, 0.2) is 0 Å². The molecule has 0 aliphatic heterocycles. The summed E-state index contributed by atoms with van der Waals surface area (Å²) in [4.78, 5) is 25.1. The summed E-state index contributed by atoms with van der Waals surface area (Å²) in [5.74, 6) is 1.55. The van der Waals surface area contributed by atoms with Crippen LogP contribution in [-0.2, 0) is 4.79 Å². The number of hydrogen-bond donors (Lipinski definition) is 2. The van der Waals surface area contributed by atoms with Crippen LogP contribution in [0.3, 0.4) is 0 Å². The second-order valence-electron chi connectivity index (χ2n) is 6.68. The van der Waals surface area contributed by atoms with Crippen LogP contribution in [0.5, 0.6) is 0 Å². The average molecular weight is 333 g/mol. The Morgan fingerprint density at radius 1 is 1.32 bits per heavy atom. The van der Waals surface area contributed by atoms with Crippen LogP contribution in [0.15, 0.2) is 36.8 Å². The summed E-state index contributed by atoms with van der Waals surface area (Å²) >= 11 is 0. The van der Waals surface area contributed by atoms with Gasteiger partial charge in [-0.05, 0) is 48.4 Å².